The number of pyridine rings is 1. The first-order valence-electron chi connectivity index (χ1n) is 6.66. The van der Waals surface area contributed by atoms with Crippen LogP contribution >= 0.6 is 0 Å². The molecule has 0 unspecified atom stereocenters. The maximum absolute atomic E-state index is 5.95. The highest BCUT2D eigenvalue weighted by molar-refractivity contribution is 5.92. The van der Waals surface area contributed by atoms with Crippen LogP contribution in [-0.2, 0) is 0 Å². The maximum Gasteiger partial charge on any atom is 0.127 e. The van der Waals surface area contributed by atoms with Crippen LogP contribution in [0.15, 0.2) is 24.3 Å². The fourth-order valence-corrected chi connectivity index (χ4v) is 2.69. The Morgan fingerprint density at radius 2 is 1.94 bits per heavy atom. The van der Waals surface area contributed by atoms with Gasteiger partial charge in [0.1, 0.15) is 5.82 Å². The first-order chi connectivity index (χ1) is 8.75. The van der Waals surface area contributed by atoms with Gasteiger partial charge < -0.3 is 10.6 Å². The number of aryl methyl sites for hydroxylation is 1. The third kappa shape index (κ3) is 1.90. The van der Waals surface area contributed by atoms with Gasteiger partial charge in [-0.2, -0.15) is 0 Å². The summed E-state index contributed by atoms with van der Waals surface area (Å²) < 4.78 is 0. The molecule has 0 amide bonds. The molecule has 0 saturated carbocycles. The van der Waals surface area contributed by atoms with Crippen molar-refractivity contribution in [3.8, 4) is 0 Å². The summed E-state index contributed by atoms with van der Waals surface area (Å²) in [5, 5.41) is 1.18. The lowest BCUT2D eigenvalue weighted by molar-refractivity contribution is 0.579. The number of rotatable bonds is 1. The van der Waals surface area contributed by atoms with E-state index in [9.17, 15) is 0 Å². The quantitative estimate of drug-likeness (QED) is 0.834. The number of anilines is 2. The van der Waals surface area contributed by atoms with Crippen LogP contribution in [0.25, 0.3) is 10.9 Å². The number of aromatic nitrogens is 1. The van der Waals surface area contributed by atoms with Crippen LogP contribution in [-0.4, -0.2) is 18.1 Å². The molecule has 3 heteroatoms. The lowest BCUT2D eigenvalue weighted by Crippen LogP contribution is -2.29. The molecular formula is C15H19N3. The lowest BCUT2D eigenvalue weighted by Gasteiger charge is -2.29. The first kappa shape index (κ1) is 11.3. The van der Waals surface area contributed by atoms with Gasteiger partial charge in [-0.15, -0.1) is 0 Å². The minimum atomic E-state index is 0.645. The number of nitrogen functional groups attached to an aromatic ring is 1. The van der Waals surface area contributed by atoms with E-state index in [1.807, 2.05) is 6.92 Å². The van der Waals surface area contributed by atoms with Crippen molar-refractivity contribution in [3.63, 3.8) is 0 Å². The molecule has 1 aromatic carbocycles. The van der Waals surface area contributed by atoms with Gasteiger partial charge in [0.25, 0.3) is 0 Å². The molecule has 0 aliphatic carbocycles. The van der Waals surface area contributed by atoms with E-state index < -0.39 is 0 Å². The van der Waals surface area contributed by atoms with Crippen molar-refractivity contribution in [3.05, 3.63) is 29.8 Å². The van der Waals surface area contributed by atoms with E-state index in [1.54, 1.807) is 0 Å². The number of nitrogens with two attached hydrogens (primary N) is 1. The average Bonchev–Trinajstić information content (AvgIpc) is 2.40. The molecule has 0 atom stereocenters. The zero-order valence-corrected chi connectivity index (χ0v) is 10.8. The number of piperidine rings is 1. The summed E-state index contributed by atoms with van der Waals surface area (Å²) in [6.07, 6.45) is 3.89. The van der Waals surface area contributed by atoms with Crippen LogP contribution in [0, 0.1) is 6.92 Å². The van der Waals surface area contributed by atoms with Gasteiger partial charge in [-0.05, 0) is 43.9 Å². The highest BCUT2D eigenvalue weighted by atomic mass is 15.1. The van der Waals surface area contributed by atoms with Crippen LogP contribution < -0.4 is 10.6 Å². The van der Waals surface area contributed by atoms with Crippen LogP contribution in [0.1, 0.15) is 24.8 Å². The molecule has 1 aliphatic heterocycles. The molecular weight excluding hydrogens is 222 g/mol. The molecule has 3 rings (SSSR count). The molecule has 2 heterocycles. The zero-order chi connectivity index (χ0) is 12.5. The molecule has 94 valence electrons. The third-order valence-corrected chi connectivity index (χ3v) is 3.75. The molecule has 0 bridgehead atoms. The Bertz CT molecular complexity index is 571. The number of hydrogen-bond donors (Lipinski definition) is 1. The van der Waals surface area contributed by atoms with Gasteiger partial charge >= 0.3 is 0 Å². The first-order valence-corrected chi connectivity index (χ1v) is 6.66. The van der Waals surface area contributed by atoms with Crippen molar-refractivity contribution in [2.75, 3.05) is 23.7 Å². The van der Waals surface area contributed by atoms with Gasteiger partial charge in [-0.25, -0.2) is 4.98 Å². The summed E-state index contributed by atoms with van der Waals surface area (Å²) >= 11 is 0. The Hall–Kier alpha value is -1.77. The molecule has 2 aromatic rings. The van der Waals surface area contributed by atoms with Gasteiger partial charge in [-0.3, -0.25) is 0 Å². The predicted octanol–water partition coefficient (Wildman–Crippen LogP) is 3.12. The van der Waals surface area contributed by atoms with Crippen LogP contribution in [0.5, 0.6) is 0 Å². The van der Waals surface area contributed by atoms with Crippen molar-refractivity contribution in [1.29, 1.82) is 0 Å². The minimum Gasteiger partial charge on any atom is -0.383 e. The summed E-state index contributed by atoms with van der Waals surface area (Å²) in [6, 6.07) is 8.52. The van der Waals surface area contributed by atoms with E-state index in [-0.39, 0.29) is 0 Å². The SMILES string of the molecule is Cc1cc2cccc(N3CCCCC3)c2nc1N. The topological polar surface area (TPSA) is 42.2 Å². The Kier molecular flexibility index (Phi) is 2.82. The Labute approximate surface area is 108 Å². The van der Waals surface area contributed by atoms with Gasteiger partial charge in [0.15, 0.2) is 0 Å². The monoisotopic (exact) mass is 241 g/mol. The third-order valence-electron chi connectivity index (χ3n) is 3.75. The average molecular weight is 241 g/mol. The largest absolute Gasteiger partial charge is 0.383 e. The highest BCUT2D eigenvalue weighted by Crippen LogP contribution is 2.29. The molecule has 3 nitrogen and oxygen atoms in total. The van der Waals surface area contributed by atoms with Crippen molar-refractivity contribution >= 4 is 22.4 Å². The maximum atomic E-state index is 5.95. The fraction of sp³-hybridized carbons (Fsp3) is 0.400. The van der Waals surface area contributed by atoms with Crippen molar-refractivity contribution < 1.29 is 0 Å². The van der Waals surface area contributed by atoms with Gasteiger partial charge in [0, 0.05) is 18.5 Å². The van der Waals surface area contributed by atoms with E-state index in [1.165, 1.54) is 30.3 Å². The summed E-state index contributed by atoms with van der Waals surface area (Å²) in [5.41, 5.74) is 9.29. The molecule has 0 radical (unpaired) electrons. The number of nitrogens with zero attached hydrogens (tertiary/aromatic N) is 2. The second-order valence-electron chi connectivity index (χ2n) is 5.09. The van der Waals surface area contributed by atoms with Crippen LogP contribution in [0.4, 0.5) is 11.5 Å². The summed E-state index contributed by atoms with van der Waals surface area (Å²) in [7, 11) is 0. The van der Waals surface area contributed by atoms with E-state index in [0.717, 1.165) is 24.2 Å². The number of hydrogen-bond acceptors (Lipinski definition) is 3. The molecule has 1 aromatic heterocycles. The molecule has 1 aliphatic rings. The van der Waals surface area contributed by atoms with Crippen molar-refractivity contribution in [1.82, 2.24) is 4.98 Å². The van der Waals surface area contributed by atoms with E-state index in [0.29, 0.717) is 5.82 Å². The standard InChI is InChI=1S/C15H19N3/c1-11-10-12-6-5-7-13(14(12)17-15(11)16)18-8-3-2-4-9-18/h5-7,10H,2-4,8-9H2,1H3,(H2,16,17). The number of benzene rings is 1. The van der Waals surface area contributed by atoms with Gasteiger partial charge in [-0.1, -0.05) is 12.1 Å². The zero-order valence-electron chi connectivity index (χ0n) is 10.8. The Balaban J connectivity index is 2.13. The van der Waals surface area contributed by atoms with Gasteiger partial charge in [0.2, 0.25) is 0 Å². The summed E-state index contributed by atoms with van der Waals surface area (Å²) in [4.78, 5) is 7.02. The van der Waals surface area contributed by atoms with Crippen molar-refractivity contribution in [2.24, 2.45) is 0 Å². The highest BCUT2D eigenvalue weighted by Gasteiger charge is 2.14. The minimum absolute atomic E-state index is 0.645. The van der Waals surface area contributed by atoms with E-state index >= 15 is 0 Å². The fourth-order valence-electron chi connectivity index (χ4n) is 2.69. The normalized spacial score (nSPS) is 16.2. The van der Waals surface area contributed by atoms with Crippen molar-refractivity contribution in [2.45, 2.75) is 26.2 Å². The Morgan fingerprint density at radius 3 is 2.72 bits per heavy atom. The lowest BCUT2D eigenvalue weighted by atomic mass is 10.1. The molecule has 18 heavy (non-hydrogen) atoms. The van der Waals surface area contributed by atoms with Gasteiger partial charge in [0.05, 0.1) is 11.2 Å². The second kappa shape index (κ2) is 4.48. The summed E-state index contributed by atoms with van der Waals surface area (Å²) in [5.74, 6) is 0.645. The number of para-hydroxylation sites is 1. The molecule has 2 N–H and O–H groups in total. The summed E-state index contributed by atoms with van der Waals surface area (Å²) in [6.45, 7) is 4.28. The molecule has 1 saturated heterocycles. The smallest absolute Gasteiger partial charge is 0.127 e. The van der Waals surface area contributed by atoms with Crippen LogP contribution in [0.3, 0.4) is 0 Å². The van der Waals surface area contributed by atoms with E-state index in [2.05, 4.69) is 34.1 Å². The second-order valence-corrected chi connectivity index (χ2v) is 5.09. The van der Waals surface area contributed by atoms with E-state index in [4.69, 9.17) is 5.73 Å². The molecule has 0 spiro atoms. The number of fused-ring (bicyclic) bond motifs is 1. The van der Waals surface area contributed by atoms with Crippen LogP contribution in [0.2, 0.25) is 0 Å². The Morgan fingerprint density at radius 1 is 1.17 bits per heavy atom. The molecule has 1 fully saturated rings. The predicted molar refractivity (Wildman–Crippen MR) is 77.0 cm³/mol.